The number of hydrogen-bond acceptors (Lipinski definition) is 3. The van der Waals surface area contributed by atoms with Crippen molar-refractivity contribution in [3.05, 3.63) is 76.0 Å². The Labute approximate surface area is 142 Å². The third-order valence-electron chi connectivity index (χ3n) is 4.20. The van der Waals surface area contributed by atoms with E-state index in [-0.39, 0.29) is 5.78 Å². The summed E-state index contributed by atoms with van der Waals surface area (Å²) in [5, 5.41) is 3.30. The van der Waals surface area contributed by atoms with Crippen LogP contribution in [-0.2, 0) is 11.2 Å². The van der Waals surface area contributed by atoms with Gasteiger partial charge >= 0.3 is 0 Å². The van der Waals surface area contributed by atoms with Crippen LogP contribution < -0.4 is 5.32 Å². The Morgan fingerprint density at radius 3 is 2.43 bits per heavy atom. The molecule has 116 valence electrons. The highest BCUT2D eigenvalue weighted by atomic mass is 32.1. The van der Waals surface area contributed by atoms with E-state index in [2.05, 4.69) is 38.2 Å². The number of thiocarbonyl (C=S) groups is 1. The van der Waals surface area contributed by atoms with Gasteiger partial charge in [-0.2, -0.15) is 0 Å². The van der Waals surface area contributed by atoms with Crippen molar-refractivity contribution >= 4 is 28.6 Å². The van der Waals surface area contributed by atoms with Crippen LogP contribution in [0.15, 0.2) is 48.2 Å². The molecular weight excluding hydrogens is 302 g/mol. The third kappa shape index (κ3) is 2.97. The summed E-state index contributed by atoms with van der Waals surface area (Å²) in [4.78, 5) is 13.0. The number of aryl methyl sites for hydroxylation is 3. The van der Waals surface area contributed by atoms with Crippen LogP contribution in [0.2, 0.25) is 0 Å². The van der Waals surface area contributed by atoms with Gasteiger partial charge in [0, 0.05) is 18.3 Å². The summed E-state index contributed by atoms with van der Waals surface area (Å²) in [5.41, 5.74) is 7.20. The van der Waals surface area contributed by atoms with E-state index in [1.165, 1.54) is 5.56 Å². The van der Waals surface area contributed by atoms with Gasteiger partial charge in [0.25, 0.3) is 0 Å². The first kappa shape index (κ1) is 15.6. The fourth-order valence-electron chi connectivity index (χ4n) is 3.13. The minimum Gasteiger partial charge on any atom is -0.360 e. The molecule has 0 spiro atoms. The molecule has 23 heavy (non-hydrogen) atoms. The van der Waals surface area contributed by atoms with Crippen molar-refractivity contribution in [2.24, 2.45) is 0 Å². The Bertz CT molecular complexity index is 825. The minimum absolute atomic E-state index is 0.0728. The molecule has 0 amide bonds. The van der Waals surface area contributed by atoms with Crippen LogP contribution in [-0.4, -0.2) is 10.6 Å². The van der Waals surface area contributed by atoms with Crippen molar-refractivity contribution in [3.8, 4) is 0 Å². The first-order valence-electron chi connectivity index (χ1n) is 7.67. The number of benzene rings is 2. The van der Waals surface area contributed by atoms with E-state index in [0.717, 1.165) is 27.9 Å². The lowest BCUT2D eigenvalue weighted by Gasteiger charge is -2.19. The fraction of sp³-hybridized carbons (Fsp3) is 0.200. The predicted molar refractivity (Wildman–Crippen MR) is 99.2 cm³/mol. The number of fused-ring (bicyclic) bond motifs is 1. The maximum Gasteiger partial charge on any atom is 0.170 e. The Morgan fingerprint density at radius 2 is 1.74 bits per heavy atom. The van der Waals surface area contributed by atoms with E-state index in [9.17, 15) is 4.79 Å². The zero-order valence-corrected chi connectivity index (χ0v) is 14.4. The van der Waals surface area contributed by atoms with Gasteiger partial charge in [-0.05, 0) is 43.0 Å². The van der Waals surface area contributed by atoms with Crippen LogP contribution in [0.4, 0.5) is 5.69 Å². The molecule has 3 heteroatoms. The second kappa shape index (κ2) is 6.09. The number of carbonyl (C=O) groups is 1. The van der Waals surface area contributed by atoms with Crippen molar-refractivity contribution in [3.63, 3.8) is 0 Å². The standard InChI is InChI=1S/C20H19NOS/c1-12-8-13(2)19(14(3)9-12)21-11-17-18(22)10-15-6-4-5-7-16(15)20(17)23/h4-9,11,21H,10H2,1-3H3/b17-11-. The fourth-order valence-corrected chi connectivity index (χ4v) is 3.51. The first-order chi connectivity index (χ1) is 11.0. The van der Waals surface area contributed by atoms with E-state index >= 15 is 0 Å². The van der Waals surface area contributed by atoms with E-state index in [1.54, 1.807) is 6.20 Å². The normalized spacial score (nSPS) is 15.7. The number of Topliss-reactive ketones (excluding diaryl/α,β-unsaturated/α-hetero) is 1. The number of allylic oxidation sites excluding steroid dienone is 1. The molecule has 0 radical (unpaired) electrons. The smallest absolute Gasteiger partial charge is 0.170 e. The van der Waals surface area contributed by atoms with Crippen LogP contribution in [0.1, 0.15) is 27.8 Å². The Balaban J connectivity index is 1.95. The maximum atomic E-state index is 12.4. The molecule has 2 aromatic carbocycles. The summed E-state index contributed by atoms with van der Waals surface area (Å²) in [6, 6.07) is 12.1. The van der Waals surface area contributed by atoms with Crippen molar-refractivity contribution < 1.29 is 4.79 Å². The molecule has 0 unspecified atom stereocenters. The van der Waals surface area contributed by atoms with Crippen LogP contribution in [0, 0.1) is 20.8 Å². The number of hydrogen-bond donors (Lipinski definition) is 1. The van der Waals surface area contributed by atoms with E-state index in [4.69, 9.17) is 12.2 Å². The number of anilines is 1. The van der Waals surface area contributed by atoms with E-state index in [0.29, 0.717) is 16.9 Å². The lowest BCUT2D eigenvalue weighted by molar-refractivity contribution is -0.114. The topological polar surface area (TPSA) is 29.1 Å². The zero-order chi connectivity index (χ0) is 16.6. The number of ketones is 1. The molecule has 1 aliphatic carbocycles. The number of rotatable bonds is 2. The summed E-state index contributed by atoms with van der Waals surface area (Å²) in [7, 11) is 0. The first-order valence-corrected chi connectivity index (χ1v) is 8.08. The van der Waals surface area contributed by atoms with Gasteiger partial charge in [-0.25, -0.2) is 0 Å². The Morgan fingerprint density at radius 1 is 1.09 bits per heavy atom. The number of nitrogens with one attached hydrogen (secondary N) is 1. The summed E-state index contributed by atoms with van der Waals surface area (Å²) in [6.45, 7) is 6.22. The van der Waals surface area contributed by atoms with Gasteiger partial charge in [0.15, 0.2) is 5.78 Å². The van der Waals surface area contributed by atoms with Crippen molar-refractivity contribution in [1.82, 2.24) is 0 Å². The third-order valence-corrected chi connectivity index (χ3v) is 4.64. The number of carbonyl (C=O) groups excluding carboxylic acids is 1. The van der Waals surface area contributed by atoms with Crippen molar-refractivity contribution in [2.45, 2.75) is 27.2 Å². The van der Waals surface area contributed by atoms with E-state index in [1.807, 2.05) is 24.3 Å². The lowest BCUT2D eigenvalue weighted by Crippen LogP contribution is -2.23. The van der Waals surface area contributed by atoms with Gasteiger partial charge in [0.05, 0.1) is 10.4 Å². The molecule has 0 saturated carbocycles. The lowest BCUT2D eigenvalue weighted by atomic mass is 9.87. The van der Waals surface area contributed by atoms with Gasteiger partial charge in [-0.3, -0.25) is 4.79 Å². The van der Waals surface area contributed by atoms with Crippen LogP contribution in [0.5, 0.6) is 0 Å². The zero-order valence-electron chi connectivity index (χ0n) is 13.6. The molecule has 3 rings (SSSR count). The largest absolute Gasteiger partial charge is 0.360 e. The quantitative estimate of drug-likeness (QED) is 0.654. The van der Waals surface area contributed by atoms with Gasteiger partial charge in [-0.15, -0.1) is 0 Å². The van der Waals surface area contributed by atoms with Crippen LogP contribution >= 0.6 is 12.2 Å². The molecule has 1 N–H and O–H groups in total. The molecule has 0 aromatic heterocycles. The highest BCUT2D eigenvalue weighted by molar-refractivity contribution is 7.81. The van der Waals surface area contributed by atoms with Crippen LogP contribution in [0.3, 0.4) is 0 Å². The molecule has 0 aliphatic heterocycles. The molecule has 0 fully saturated rings. The monoisotopic (exact) mass is 321 g/mol. The summed E-state index contributed by atoms with van der Waals surface area (Å²) in [6.07, 6.45) is 2.18. The average molecular weight is 321 g/mol. The Hall–Kier alpha value is -2.26. The molecule has 2 nitrogen and oxygen atoms in total. The highest BCUT2D eigenvalue weighted by Crippen LogP contribution is 2.26. The summed E-state index contributed by atoms with van der Waals surface area (Å²) < 4.78 is 0. The Kier molecular flexibility index (Phi) is 4.14. The highest BCUT2D eigenvalue weighted by Gasteiger charge is 2.25. The molecule has 1 aliphatic rings. The second-order valence-electron chi connectivity index (χ2n) is 6.06. The van der Waals surface area contributed by atoms with Gasteiger partial charge in [0.2, 0.25) is 0 Å². The molecule has 0 saturated heterocycles. The van der Waals surface area contributed by atoms with E-state index < -0.39 is 0 Å². The van der Waals surface area contributed by atoms with Crippen molar-refractivity contribution in [1.29, 1.82) is 0 Å². The molecule has 0 heterocycles. The SMILES string of the molecule is Cc1cc(C)c(N/C=C2/C(=O)Cc3ccccc3C2=S)c(C)c1. The maximum absolute atomic E-state index is 12.4. The van der Waals surface area contributed by atoms with Gasteiger partial charge in [-0.1, -0.05) is 54.2 Å². The molecule has 0 bridgehead atoms. The summed E-state index contributed by atoms with van der Waals surface area (Å²) >= 11 is 5.53. The summed E-state index contributed by atoms with van der Waals surface area (Å²) in [5.74, 6) is 0.0728. The molecular formula is C20H19NOS. The molecule has 0 atom stereocenters. The minimum atomic E-state index is 0.0728. The molecule has 2 aromatic rings. The van der Waals surface area contributed by atoms with Crippen LogP contribution in [0.25, 0.3) is 0 Å². The average Bonchev–Trinajstić information content (AvgIpc) is 2.49. The van der Waals surface area contributed by atoms with Crippen molar-refractivity contribution in [2.75, 3.05) is 5.32 Å². The second-order valence-corrected chi connectivity index (χ2v) is 6.47. The predicted octanol–water partition coefficient (Wildman–Crippen LogP) is 4.45. The van der Waals surface area contributed by atoms with Gasteiger partial charge in [0.1, 0.15) is 0 Å². The van der Waals surface area contributed by atoms with Gasteiger partial charge < -0.3 is 5.32 Å².